The standard InChI is InChI=1S/C24H30O5S3/c1-29-23(28)15-30-11-4-12-31-24-19(20(26)14-21(24)27)10-8-17(25)7-9-18-13-16-5-2-3-6-22(16)32-18/h2-3,5-6,8,10,13,17,19-20,24-26H,4,7,9,11-12,14-15H2,1H3/t17?,19-,20+,24+/m0/s1. The van der Waals surface area contributed by atoms with Crippen LogP contribution in [0.2, 0.25) is 0 Å². The van der Waals surface area contributed by atoms with E-state index >= 15 is 0 Å². The summed E-state index contributed by atoms with van der Waals surface area (Å²) < 4.78 is 5.87. The molecular weight excluding hydrogens is 464 g/mol. The molecule has 0 aliphatic heterocycles. The number of rotatable bonds is 12. The Morgan fingerprint density at radius 1 is 1.34 bits per heavy atom. The van der Waals surface area contributed by atoms with Crippen LogP contribution in [0, 0.1) is 5.92 Å². The Morgan fingerprint density at radius 3 is 2.94 bits per heavy atom. The second-order valence-corrected chi connectivity index (χ2v) is 11.4. The average Bonchev–Trinajstić information content (AvgIpc) is 3.32. The van der Waals surface area contributed by atoms with Gasteiger partial charge in [0, 0.05) is 21.9 Å². The molecule has 32 heavy (non-hydrogen) atoms. The first kappa shape index (κ1) is 25.3. The lowest BCUT2D eigenvalue weighted by molar-refractivity contribution is -0.137. The summed E-state index contributed by atoms with van der Waals surface area (Å²) in [7, 11) is 1.38. The number of benzene rings is 1. The van der Waals surface area contributed by atoms with Crippen molar-refractivity contribution in [3.05, 3.63) is 47.4 Å². The first-order chi connectivity index (χ1) is 15.5. The fourth-order valence-corrected chi connectivity index (χ4v) is 7.08. The van der Waals surface area contributed by atoms with Crippen LogP contribution in [0.4, 0.5) is 0 Å². The number of methoxy groups -OCH3 is 1. The van der Waals surface area contributed by atoms with E-state index in [1.165, 1.54) is 33.8 Å². The molecule has 0 spiro atoms. The summed E-state index contributed by atoms with van der Waals surface area (Å²) in [6.45, 7) is 0. The van der Waals surface area contributed by atoms with Crippen LogP contribution >= 0.6 is 34.9 Å². The highest BCUT2D eigenvalue weighted by Crippen LogP contribution is 2.34. The van der Waals surface area contributed by atoms with Crippen molar-refractivity contribution in [3.63, 3.8) is 0 Å². The maximum Gasteiger partial charge on any atom is 0.315 e. The predicted octanol–water partition coefficient (Wildman–Crippen LogP) is 4.10. The van der Waals surface area contributed by atoms with Crippen LogP contribution in [0.1, 0.15) is 24.1 Å². The molecule has 0 amide bonds. The molecule has 0 bridgehead atoms. The van der Waals surface area contributed by atoms with Crippen molar-refractivity contribution in [2.24, 2.45) is 5.92 Å². The Kier molecular flexibility index (Phi) is 10.1. The number of hydrogen-bond donors (Lipinski definition) is 2. The average molecular weight is 495 g/mol. The van der Waals surface area contributed by atoms with Crippen LogP contribution < -0.4 is 0 Å². The molecule has 1 heterocycles. The number of fused-ring (bicyclic) bond motifs is 1. The van der Waals surface area contributed by atoms with Gasteiger partial charge in [-0.1, -0.05) is 30.4 Å². The zero-order valence-corrected chi connectivity index (χ0v) is 20.6. The SMILES string of the molecule is COC(=O)CSCCCS[C@H]1C(=O)C[C@@H](O)[C@@H]1C=CC(O)CCc1cc2ccccc2s1. The number of thioether (sulfide) groups is 2. The highest BCUT2D eigenvalue weighted by Gasteiger charge is 2.40. The van der Waals surface area contributed by atoms with Gasteiger partial charge in [0.1, 0.15) is 5.78 Å². The van der Waals surface area contributed by atoms with Crippen LogP contribution in [0.3, 0.4) is 0 Å². The lowest BCUT2D eigenvalue weighted by Gasteiger charge is -2.17. The van der Waals surface area contributed by atoms with Crippen molar-refractivity contribution in [2.75, 3.05) is 24.4 Å². The van der Waals surface area contributed by atoms with Gasteiger partial charge in [0.25, 0.3) is 0 Å². The number of carbonyl (C=O) groups excluding carboxylic acids is 2. The molecule has 0 radical (unpaired) electrons. The molecule has 2 N–H and O–H groups in total. The third-order valence-electron chi connectivity index (χ3n) is 5.42. The molecule has 1 fully saturated rings. The third kappa shape index (κ3) is 7.35. The van der Waals surface area contributed by atoms with Gasteiger partial charge in [0.15, 0.2) is 0 Å². The van der Waals surface area contributed by atoms with Gasteiger partial charge in [0.2, 0.25) is 0 Å². The monoisotopic (exact) mass is 494 g/mol. The van der Waals surface area contributed by atoms with Crippen molar-refractivity contribution in [1.29, 1.82) is 0 Å². The quantitative estimate of drug-likeness (QED) is 0.261. The number of ether oxygens (including phenoxy) is 1. The molecule has 174 valence electrons. The van der Waals surface area contributed by atoms with Crippen LogP contribution in [0.5, 0.6) is 0 Å². The second-order valence-electron chi connectivity index (χ2n) is 7.83. The molecule has 1 aromatic carbocycles. The lowest BCUT2D eigenvalue weighted by atomic mass is 10.0. The minimum atomic E-state index is -0.695. The summed E-state index contributed by atoms with van der Waals surface area (Å²) >= 11 is 4.83. The van der Waals surface area contributed by atoms with E-state index in [4.69, 9.17) is 0 Å². The van der Waals surface area contributed by atoms with Gasteiger partial charge in [0.05, 0.1) is 30.3 Å². The van der Waals surface area contributed by atoms with E-state index in [0.29, 0.717) is 12.2 Å². The van der Waals surface area contributed by atoms with Crippen molar-refractivity contribution in [2.45, 2.75) is 43.1 Å². The Hall–Kier alpha value is -1.32. The fraction of sp³-hybridized carbons (Fsp3) is 0.500. The van der Waals surface area contributed by atoms with Crippen molar-refractivity contribution < 1.29 is 24.5 Å². The molecule has 3 rings (SSSR count). The molecule has 4 atom stereocenters. The molecule has 1 unspecified atom stereocenters. The second kappa shape index (κ2) is 12.8. The Labute approximate surface area is 201 Å². The minimum Gasteiger partial charge on any atom is -0.468 e. The molecule has 1 saturated carbocycles. The van der Waals surface area contributed by atoms with E-state index in [0.717, 1.165) is 24.3 Å². The van der Waals surface area contributed by atoms with Crippen molar-refractivity contribution in [3.8, 4) is 0 Å². The lowest BCUT2D eigenvalue weighted by Crippen LogP contribution is -2.22. The highest BCUT2D eigenvalue weighted by atomic mass is 32.2. The highest BCUT2D eigenvalue weighted by molar-refractivity contribution is 8.01. The normalized spacial score (nSPS) is 22.1. The maximum absolute atomic E-state index is 12.3. The first-order valence-corrected chi connectivity index (χ1v) is 13.8. The van der Waals surface area contributed by atoms with E-state index in [9.17, 15) is 19.8 Å². The summed E-state index contributed by atoms with van der Waals surface area (Å²) in [5.41, 5.74) is 0. The predicted molar refractivity (Wildman–Crippen MR) is 135 cm³/mol. The van der Waals surface area contributed by atoms with E-state index in [1.807, 2.05) is 18.2 Å². The van der Waals surface area contributed by atoms with Crippen molar-refractivity contribution in [1.82, 2.24) is 0 Å². The van der Waals surface area contributed by atoms with Gasteiger partial charge in [-0.3, -0.25) is 9.59 Å². The number of esters is 1. The summed E-state index contributed by atoms with van der Waals surface area (Å²) in [5.74, 6) is 1.52. The molecular formula is C24H30O5S3. The van der Waals surface area contributed by atoms with Crippen LogP contribution in [0.15, 0.2) is 42.5 Å². The van der Waals surface area contributed by atoms with Gasteiger partial charge < -0.3 is 14.9 Å². The summed E-state index contributed by atoms with van der Waals surface area (Å²) in [6, 6.07) is 10.4. The number of aryl methyl sites for hydroxylation is 1. The number of carbonyl (C=O) groups is 2. The molecule has 2 aromatic rings. The summed E-state index contributed by atoms with van der Waals surface area (Å²) in [6.07, 6.45) is 4.70. The molecule has 1 aromatic heterocycles. The zero-order valence-electron chi connectivity index (χ0n) is 18.1. The molecule has 0 saturated heterocycles. The number of aliphatic hydroxyl groups excluding tert-OH is 2. The molecule has 1 aliphatic carbocycles. The maximum atomic E-state index is 12.3. The van der Waals surface area contributed by atoms with E-state index < -0.39 is 12.2 Å². The van der Waals surface area contributed by atoms with Gasteiger partial charge >= 0.3 is 5.97 Å². The number of thiophene rings is 1. The largest absolute Gasteiger partial charge is 0.468 e. The smallest absolute Gasteiger partial charge is 0.315 e. The zero-order chi connectivity index (χ0) is 22.9. The fourth-order valence-electron chi connectivity index (χ4n) is 3.70. The molecule has 5 nitrogen and oxygen atoms in total. The van der Waals surface area contributed by atoms with Crippen LogP contribution in [0.25, 0.3) is 10.1 Å². The van der Waals surface area contributed by atoms with E-state index in [-0.39, 0.29) is 29.3 Å². The number of Topliss-reactive ketones (excluding diaryl/α,β-unsaturated/α-hetero) is 1. The van der Waals surface area contributed by atoms with E-state index in [2.05, 4.69) is 22.9 Å². The molecule has 8 heteroatoms. The van der Waals surface area contributed by atoms with Crippen LogP contribution in [-0.4, -0.2) is 63.8 Å². The van der Waals surface area contributed by atoms with Gasteiger partial charge in [-0.15, -0.1) is 23.1 Å². The summed E-state index contributed by atoms with van der Waals surface area (Å²) in [4.78, 5) is 24.7. The Morgan fingerprint density at radius 2 is 2.16 bits per heavy atom. The number of aliphatic hydroxyl groups is 2. The van der Waals surface area contributed by atoms with E-state index in [1.54, 1.807) is 29.2 Å². The third-order valence-corrected chi connectivity index (χ3v) is 9.07. The Balaban J connectivity index is 1.44. The number of hydrogen-bond acceptors (Lipinski definition) is 8. The van der Waals surface area contributed by atoms with Gasteiger partial charge in [-0.2, -0.15) is 11.8 Å². The minimum absolute atomic E-state index is 0.0686. The van der Waals surface area contributed by atoms with Crippen LogP contribution in [-0.2, 0) is 20.7 Å². The van der Waals surface area contributed by atoms with Crippen molar-refractivity contribution >= 4 is 56.7 Å². The van der Waals surface area contributed by atoms with Gasteiger partial charge in [-0.05, 0) is 48.3 Å². The summed E-state index contributed by atoms with van der Waals surface area (Å²) in [5, 5.41) is 21.7. The number of ketones is 1. The Bertz CT molecular complexity index is 892. The topological polar surface area (TPSA) is 83.8 Å². The molecule has 1 aliphatic rings. The van der Waals surface area contributed by atoms with Gasteiger partial charge in [-0.25, -0.2) is 0 Å². The first-order valence-electron chi connectivity index (χ1n) is 10.8.